The first kappa shape index (κ1) is 12.4. The highest BCUT2D eigenvalue weighted by molar-refractivity contribution is 5.40. The summed E-state index contributed by atoms with van der Waals surface area (Å²) in [4.78, 5) is 6.87. The fourth-order valence-corrected chi connectivity index (χ4v) is 2.43. The molecule has 1 N–H and O–H groups in total. The minimum atomic E-state index is -0.432. The minimum absolute atomic E-state index is 0.432. The van der Waals surface area contributed by atoms with Crippen molar-refractivity contribution >= 4 is 5.82 Å². The van der Waals surface area contributed by atoms with Crippen molar-refractivity contribution in [2.75, 3.05) is 11.4 Å². The van der Waals surface area contributed by atoms with Gasteiger partial charge in [-0.25, -0.2) is 4.98 Å². The van der Waals surface area contributed by atoms with E-state index >= 15 is 0 Å². The van der Waals surface area contributed by atoms with Crippen molar-refractivity contribution in [3.8, 4) is 0 Å². The zero-order chi connectivity index (χ0) is 12.3. The lowest BCUT2D eigenvalue weighted by Gasteiger charge is -2.28. The van der Waals surface area contributed by atoms with Crippen LogP contribution in [0.2, 0.25) is 0 Å². The molecule has 1 aliphatic rings. The number of pyridine rings is 1. The molecular formula is C14H22N2O. The van der Waals surface area contributed by atoms with Crippen LogP contribution in [0.3, 0.4) is 0 Å². The van der Waals surface area contributed by atoms with Gasteiger partial charge in [0, 0.05) is 18.8 Å². The number of hydrogen-bond acceptors (Lipinski definition) is 3. The van der Waals surface area contributed by atoms with Crippen LogP contribution in [0.4, 0.5) is 5.82 Å². The largest absolute Gasteiger partial charge is 0.389 e. The first-order chi connectivity index (χ1) is 8.18. The van der Waals surface area contributed by atoms with Gasteiger partial charge in [-0.3, -0.25) is 0 Å². The zero-order valence-corrected chi connectivity index (χ0v) is 10.8. The molecule has 0 saturated carbocycles. The molecule has 1 aromatic heterocycles. The Morgan fingerprint density at radius 2 is 2.18 bits per heavy atom. The van der Waals surface area contributed by atoms with Crippen molar-refractivity contribution in [1.82, 2.24) is 4.98 Å². The first-order valence-corrected chi connectivity index (χ1v) is 6.59. The molecule has 3 nitrogen and oxygen atoms in total. The van der Waals surface area contributed by atoms with Gasteiger partial charge in [-0.15, -0.1) is 0 Å². The molecule has 0 aliphatic carbocycles. The van der Waals surface area contributed by atoms with E-state index in [0.29, 0.717) is 6.04 Å². The molecule has 0 radical (unpaired) electrons. The Morgan fingerprint density at radius 3 is 2.82 bits per heavy atom. The van der Waals surface area contributed by atoms with Crippen LogP contribution in [0.15, 0.2) is 18.3 Å². The third kappa shape index (κ3) is 2.97. The Balaban J connectivity index is 2.14. The minimum Gasteiger partial charge on any atom is -0.389 e. The van der Waals surface area contributed by atoms with E-state index in [1.165, 1.54) is 25.7 Å². The predicted molar refractivity (Wildman–Crippen MR) is 70.1 cm³/mol. The summed E-state index contributed by atoms with van der Waals surface area (Å²) in [5.41, 5.74) is 0.885. The van der Waals surface area contributed by atoms with Crippen LogP contribution in [-0.2, 0) is 0 Å². The van der Waals surface area contributed by atoms with Crippen molar-refractivity contribution in [2.45, 2.75) is 51.7 Å². The Hall–Kier alpha value is -1.09. The molecule has 2 atom stereocenters. The number of aromatic nitrogens is 1. The first-order valence-electron chi connectivity index (χ1n) is 6.59. The van der Waals surface area contributed by atoms with Crippen LogP contribution < -0.4 is 4.90 Å². The molecule has 1 saturated heterocycles. The van der Waals surface area contributed by atoms with Crippen LogP contribution in [0.25, 0.3) is 0 Å². The lowest BCUT2D eigenvalue weighted by Crippen LogP contribution is -2.33. The van der Waals surface area contributed by atoms with Crippen molar-refractivity contribution in [3.63, 3.8) is 0 Å². The summed E-state index contributed by atoms with van der Waals surface area (Å²) >= 11 is 0. The van der Waals surface area contributed by atoms with E-state index in [0.717, 1.165) is 17.9 Å². The molecule has 94 valence electrons. The van der Waals surface area contributed by atoms with Gasteiger partial charge < -0.3 is 10.0 Å². The summed E-state index contributed by atoms with van der Waals surface area (Å²) < 4.78 is 0. The Kier molecular flexibility index (Phi) is 4.00. The van der Waals surface area contributed by atoms with Crippen LogP contribution in [0, 0.1) is 0 Å². The molecule has 1 unspecified atom stereocenters. The average Bonchev–Trinajstić information content (AvgIpc) is 2.54. The topological polar surface area (TPSA) is 36.4 Å². The summed E-state index contributed by atoms with van der Waals surface area (Å²) in [5.74, 6) is 1.05. The number of anilines is 1. The summed E-state index contributed by atoms with van der Waals surface area (Å²) in [6.07, 6.45) is 6.51. The van der Waals surface area contributed by atoms with Gasteiger partial charge >= 0.3 is 0 Å². The molecule has 2 rings (SSSR count). The SMILES string of the molecule is CC1CCCCCN1c1ccc([C@@H](C)O)cn1. The Morgan fingerprint density at radius 1 is 1.35 bits per heavy atom. The summed E-state index contributed by atoms with van der Waals surface area (Å²) in [7, 11) is 0. The van der Waals surface area contributed by atoms with Crippen molar-refractivity contribution < 1.29 is 5.11 Å². The summed E-state index contributed by atoms with van der Waals surface area (Å²) in [5, 5.41) is 9.47. The standard InChI is InChI=1S/C14H22N2O/c1-11-6-4-3-5-9-16(11)14-8-7-13(10-15-14)12(2)17/h7-8,10-12,17H,3-6,9H2,1-2H3/t11?,12-/m1/s1. The fraction of sp³-hybridized carbons (Fsp3) is 0.643. The molecule has 0 bridgehead atoms. The van der Waals surface area contributed by atoms with Crippen molar-refractivity contribution in [3.05, 3.63) is 23.9 Å². The average molecular weight is 234 g/mol. The Bertz CT molecular complexity index is 348. The maximum Gasteiger partial charge on any atom is 0.128 e. The van der Waals surface area contributed by atoms with Crippen molar-refractivity contribution in [2.24, 2.45) is 0 Å². The number of hydrogen-bond donors (Lipinski definition) is 1. The van der Waals surface area contributed by atoms with E-state index in [-0.39, 0.29) is 0 Å². The number of aliphatic hydroxyl groups is 1. The van der Waals surface area contributed by atoms with Gasteiger partial charge in [-0.2, -0.15) is 0 Å². The van der Waals surface area contributed by atoms with Gasteiger partial charge in [0.1, 0.15) is 5.82 Å². The van der Waals surface area contributed by atoms with Crippen LogP contribution in [0.5, 0.6) is 0 Å². The number of aliphatic hydroxyl groups excluding tert-OH is 1. The van der Waals surface area contributed by atoms with E-state index in [1.807, 2.05) is 12.1 Å². The van der Waals surface area contributed by atoms with Crippen LogP contribution >= 0.6 is 0 Å². The zero-order valence-electron chi connectivity index (χ0n) is 10.8. The predicted octanol–water partition coefficient (Wildman–Crippen LogP) is 2.90. The molecule has 17 heavy (non-hydrogen) atoms. The number of rotatable bonds is 2. The highest BCUT2D eigenvalue weighted by atomic mass is 16.3. The molecule has 1 aromatic rings. The van der Waals surface area contributed by atoms with Gasteiger partial charge in [0.2, 0.25) is 0 Å². The maximum atomic E-state index is 9.47. The Labute approximate surface area is 103 Å². The van der Waals surface area contributed by atoms with E-state index in [9.17, 15) is 5.11 Å². The smallest absolute Gasteiger partial charge is 0.128 e. The molecule has 0 aromatic carbocycles. The third-order valence-electron chi connectivity index (χ3n) is 3.60. The lowest BCUT2D eigenvalue weighted by molar-refractivity contribution is 0.199. The monoisotopic (exact) mass is 234 g/mol. The maximum absolute atomic E-state index is 9.47. The fourth-order valence-electron chi connectivity index (χ4n) is 2.43. The molecule has 1 aliphatic heterocycles. The van der Waals surface area contributed by atoms with Gasteiger partial charge in [0.15, 0.2) is 0 Å². The van der Waals surface area contributed by atoms with Gasteiger partial charge in [-0.1, -0.05) is 18.9 Å². The van der Waals surface area contributed by atoms with E-state index in [2.05, 4.69) is 16.8 Å². The highest BCUT2D eigenvalue weighted by Gasteiger charge is 2.18. The van der Waals surface area contributed by atoms with E-state index in [4.69, 9.17) is 0 Å². The second kappa shape index (κ2) is 5.50. The molecular weight excluding hydrogens is 212 g/mol. The van der Waals surface area contributed by atoms with Crippen LogP contribution in [-0.4, -0.2) is 22.7 Å². The molecule has 0 spiro atoms. The van der Waals surface area contributed by atoms with Gasteiger partial charge in [-0.05, 0) is 38.3 Å². The van der Waals surface area contributed by atoms with E-state index in [1.54, 1.807) is 13.1 Å². The second-order valence-corrected chi connectivity index (χ2v) is 5.02. The van der Waals surface area contributed by atoms with Gasteiger partial charge in [0.25, 0.3) is 0 Å². The highest BCUT2D eigenvalue weighted by Crippen LogP contribution is 2.23. The second-order valence-electron chi connectivity index (χ2n) is 5.02. The third-order valence-corrected chi connectivity index (χ3v) is 3.60. The summed E-state index contributed by atoms with van der Waals surface area (Å²) in [6, 6.07) is 4.58. The molecule has 0 amide bonds. The summed E-state index contributed by atoms with van der Waals surface area (Å²) in [6.45, 7) is 5.14. The normalized spacial score (nSPS) is 23.2. The lowest BCUT2D eigenvalue weighted by atomic mass is 10.1. The molecule has 1 fully saturated rings. The van der Waals surface area contributed by atoms with Crippen LogP contribution in [0.1, 0.15) is 51.2 Å². The van der Waals surface area contributed by atoms with Crippen molar-refractivity contribution in [1.29, 1.82) is 0 Å². The van der Waals surface area contributed by atoms with E-state index < -0.39 is 6.10 Å². The number of nitrogens with zero attached hydrogens (tertiary/aromatic N) is 2. The quantitative estimate of drug-likeness (QED) is 0.854. The molecule has 3 heteroatoms. The molecule has 2 heterocycles. The van der Waals surface area contributed by atoms with Gasteiger partial charge in [0.05, 0.1) is 6.10 Å².